The molecule has 4 nitrogen and oxygen atoms in total. The average Bonchev–Trinajstić information content (AvgIpc) is 2.38. The average molecular weight is 285 g/mol. The maximum absolute atomic E-state index is 12.3. The molecule has 0 aromatic heterocycles. The SMILES string of the molecule is COc1cc(C(=O)N2CCCC(N)C2)ccc1C.Cl. The number of piperidine rings is 1. The number of methoxy groups -OCH3 is 1. The van der Waals surface area contributed by atoms with Crippen molar-refractivity contribution in [2.45, 2.75) is 25.8 Å². The van der Waals surface area contributed by atoms with Gasteiger partial charge in [0, 0.05) is 24.7 Å². The van der Waals surface area contributed by atoms with Crippen molar-refractivity contribution in [2.75, 3.05) is 20.2 Å². The molecular weight excluding hydrogens is 264 g/mol. The molecule has 1 aromatic carbocycles. The Morgan fingerprint density at radius 2 is 2.21 bits per heavy atom. The van der Waals surface area contributed by atoms with E-state index in [1.54, 1.807) is 13.2 Å². The number of carbonyl (C=O) groups is 1. The summed E-state index contributed by atoms with van der Waals surface area (Å²) >= 11 is 0. The van der Waals surface area contributed by atoms with Gasteiger partial charge in [-0.05, 0) is 37.5 Å². The van der Waals surface area contributed by atoms with E-state index in [4.69, 9.17) is 10.5 Å². The monoisotopic (exact) mass is 284 g/mol. The van der Waals surface area contributed by atoms with Crippen molar-refractivity contribution in [2.24, 2.45) is 5.73 Å². The molecule has 5 heteroatoms. The molecule has 1 heterocycles. The van der Waals surface area contributed by atoms with Crippen molar-refractivity contribution < 1.29 is 9.53 Å². The molecule has 1 saturated heterocycles. The molecule has 106 valence electrons. The molecule has 0 radical (unpaired) electrons. The number of likely N-dealkylation sites (tertiary alicyclic amines) is 1. The van der Waals surface area contributed by atoms with Crippen LogP contribution in [-0.4, -0.2) is 37.0 Å². The minimum Gasteiger partial charge on any atom is -0.496 e. The summed E-state index contributed by atoms with van der Waals surface area (Å²) in [6.45, 7) is 3.40. The number of ether oxygens (including phenoxy) is 1. The van der Waals surface area contributed by atoms with Crippen LogP contribution < -0.4 is 10.5 Å². The van der Waals surface area contributed by atoms with Gasteiger partial charge in [-0.25, -0.2) is 0 Å². The predicted octanol–water partition coefficient (Wildman–Crippen LogP) is 1.99. The van der Waals surface area contributed by atoms with E-state index in [1.165, 1.54) is 0 Å². The van der Waals surface area contributed by atoms with Gasteiger partial charge in [-0.3, -0.25) is 4.79 Å². The number of rotatable bonds is 2. The van der Waals surface area contributed by atoms with E-state index in [1.807, 2.05) is 24.0 Å². The topological polar surface area (TPSA) is 55.6 Å². The van der Waals surface area contributed by atoms with Gasteiger partial charge in [0.05, 0.1) is 7.11 Å². The Morgan fingerprint density at radius 3 is 2.84 bits per heavy atom. The molecule has 0 spiro atoms. The Morgan fingerprint density at radius 1 is 1.47 bits per heavy atom. The van der Waals surface area contributed by atoms with Gasteiger partial charge >= 0.3 is 0 Å². The van der Waals surface area contributed by atoms with E-state index < -0.39 is 0 Å². The summed E-state index contributed by atoms with van der Waals surface area (Å²) in [6.07, 6.45) is 1.98. The lowest BCUT2D eigenvalue weighted by Gasteiger charge is -2.30. The highest BCUT2D eigenvalue weighted by Gasteiger charge is 2.22. The fourth-order valence-corrected chi connectivity index (χ4v) is 2.33. The van der Waals surface area contributed by atoms with Gasteiger partial charge in [-0.1, -0.05) is 6.07 Å². The van der Waals surface area contributed by atoms with Gasteiger partial charge in [-0.15, -0.1) is 12.4 Å². The first-order valence-corrected chi connectivity index (χ1v) is 6.31. The molecule has 1 aliphatic rings. The molecule has 0 saturated carbocycles. The van der Waals surface area contributed by atoms with Crippen molar-refractivity contribution in [3.05, 3.63) is 29.3 Å². The number of hydrogen-bond donors (Lipinski definition) is 1. The fraction of sp³-hybridized carbons (Fsp3) is 0.500. The molecule has 1 unspecified atom stereocenters. The van der Waals surface area contributed by atoms with Crippen molar-refractivity contribution >= 4 is 18.3 Å². The fourth-order valence-electron chi connectivity index (χ4n) is 2.33. The van der Waals surface area contributed by atoms with Crippen LogP contribution in [0.4, 0.5) is 0 Å². The molecule has 1 aliphatic heterocycles. The Bertz CT molecular complexity index is 451. The molecule has 0 aliphatic carbocycles. The van der Waals surface area contributed by atoms with Gasteiger partial charge in [0.1, 0.15) is 5.75 Å². The summed E-state index contributed by atoms with van der Waals surface area (Å²) < 4.78 is 5.25. The first-order chi connectivity index (χ1) is 8.61. The highest BCUT2D eigenvalue weighted by atomic mass is 35.5. The Hall–Kier alpha value is -1.26. The molecular formula is C14H21ClN2O2. The van der Waals surface area contributed by atoms with Crippen LogP contribution in [0, 0.1) is 6.92 Å². The second-order valence-electron chi connectivity index (χ2n) is 4.84. The van der Waals surface area contributed by atoms with E-state index in [0.29, 0.717) is 12.1 Å². The summed E-state index contributed by atoms with van der Waals surface area (Å²) in [5, 5.41) is 0. The van der Waals surface area contributed by atoms with Gasteiger partial charge in [0.2, 0.25) is 0 Å². The van der Waals surface area contributed by atoms with Crippen LogP contribution in [0.1, 0.15) is 28.8 Å². The molecule has 2 N–H and O–H groups in total. The quantitative estimate of drug-likeness (QED) is 0.904. The highest BCUT2D eigenvalue weighted by molar-refractivity contribution is 5.94. The summed E-state index contributed by atoms with van der Waals surface area (Å²) in [4.78, 5) is 14.2. The molecule has 0 bridgehead atoms. The van der Waals surface area contributed by atoms with Crippen LogP contribution in [0.3, 0.4) is 0 Å². The third-order valence-corrected chi connectivity index (χ3v) is 3.40. The van der Waals surface area contributed by atoms with E-state index >= 15 is 0 Å². The molecule has 2 rings (SSSR count). The maximum Gasteiger partial charge on any atom is 0.254 e. The number of carbonyl (C=O) groups excluding carboxylic acids is 1. The number of hydrogen-bond acceptors (Lipinski definition) is 3. The molecule has 1 fully saturated rings. The summed E-state index contributed by atoms with van der Waals surface area (Å²) in [7, 11) is 1.62. The minimum atomic E-state index is 0. The molecule has 1 atom stereocenters. The van der Waals surface area contributed by atoms with Crippen LogP contribution in [-0.2, 0) is 0 Å². The normalized spacial score (nSPS) is 18.7. The standard InChI is InChI=1S/C14H20N2O2.ClH/c1-10-5-6-11(8-13(10)18-2)14(17)16-7-3-4-12(15)9-16;/h5-6,8,12H,3-4,7,9,15H2,1-2H3;1H. The lowest BCUT2D eigenvalue weighted by molar-refractivity contribution is 0.0708. The lowest BCUT2D eigenvalue weighted by Crippen LogP contribution is -2.45. The Balaban J connectivity index is 0.00000180. The van der Waals surface area contributed by atoms with Crippen molar-refractivity contribution in [3.63, 3.8) is 0 Å². The third-order valence-electron chi connectivity index (χ3n) is 3.40. The Labute approximate surface area is 120 Å². The van der Waals surface area contributed by atoms with Crippen LogP contribution in [0.15, 0.2) is 18.2 Å². The summed E-state index contributed by atoms with van der Waals surface area (Å²) in [5.41, 5.74) is 7.61. The summed E-state index contributed by atoms with van der Waals surface area (Å²) in [5.74, 6) is 0.797. The van der Waals surface area contributed by atoms with Crippen molar-refractivity contribution in [1.29, 1.82) is 0 Å². The zero-order chi connectivity index (χ0) is 13.1. The zero-order valence-corrected chi connectivity index (χ0v) is 12.2. The zero-order valence-electron chi connectivity index (χ0n) is 11.4. The highest BCUT2D eigenvalue weighted by Crippen LogP contribution is 2.21. The van der Waals surface area contributed by atoms with E-state index in [-0.39, 0.29) is 24.4 Å². The van der Waals surface area contributed by atoms with Gasteiger partial charge in [0.15, 0.2) is 0 Å². The molecule has 1 aromatic rings. The molecule has 1 amide bonds. The number of nitrogens with two attached hydrogens (primary N) is 1. The second-order valence-corrected chi connectivity index (χ2v) is 4.84. The van der Waals surface area contributed by atoms with Crippen LogP contribution in [0.5, 0.6) is 5.75 Å². The number of benzene rings is 1. The first-order valence-electron chi connectivity index (χ1n) is 6.31. The number of halogens is 1. The van der Waals surface area contributed by atoms with Crippen LogP contribution in [0.2, 0.25) is 0 Å². The maximum atomic E-state index is 12.3. The van der Waals surface area contributed by atoms with Crippen LogP contribution >= 0.6 is 12.4 Å². The summed E-state index contributed by atoms with van der Waals surface area (Å²) in [6, 6.07) is 5.67. The van der Waals surface area contributed by atoms with Gasteiger partial charge in [0.25, 0.3) is 5.91 Å². The van der Waals surface area contributed by atoms with Crippen molar-refractivity contribution in [1.82, 2.24) is 4.90 Å². The molecule has 19 heavy (non-hydrogen) atoms. The van der Waals surface area contributed by atoms with Crippen molar-refractivity contribution in [3.8, 4) is 5.75 Å². The van der Waals surface area contributed by atoms with E-state index in [2.05, 4.69) is 0 Å². The van der Waals surface area contributed by atoms with Gasteiger partial charge < -0.3 is 15.4 Å². The van der Waals surface area contributed by atoms with E-state index in [0.717, 1.165) is 30.7 Å². The third kappa shape index (κ3) is 3.61. The second kappa shape index (κ2) is 6.78. The smallest absolute Gasteiger partial charge is 0.254 e. The minimum absolute atomic E-state index is 0. The first kappa shape index (κ1) is 15.8. The Kier molecular flexibility index (Phi) is 5.63. The van der Waals surface area contributed by atoms with E-state index in [9.17, 15) is 4.79 Å². The number of nitrogens with zero attached hydrogens (tertiary/aromatic N) is 1. The van der Waals surface area contributed by atoms with Gasteiger partial charge in [-0.2, -0.15) is 0 Å². The predicted molar refractivity (Wildman–Crippen MR) is 78.1 cm³/mol. The number of amides is 1. The largest absolute Gasteiger partial charge is 0.496 e. The lowest BCUT2D eigenvalue weighted by atomic mass is 10.0. The number of aryl methyl sites for hydroxylation is 1. The van der Waals surface area contributed by atoms with Crippen LogP contribution in [0.25, 0.3) is 0 Å².